The molecule has 6 rings (SSSR count). The van der Waals surface area contributed by atoms with Gasteiger partial charge in [0.25, 0.3) is 0 Å². The van der Waals surface area contributed by atoms with Gasteiger partial charge in [0, 0.05) is 35.9 Å². The molecular weight excluding hydrogens is 432 g/mol. The molecule has 4 N–H and O–H groups in total. The SMILES string of the molecule is O=c1[nH]c(O)c(/C=c2/cnn3c(=NC4CC4)cc(NCc4ccccc4-n4cccc4)nc23)[nH]1. The first-order valence-electron chi connectivity index (χ1n) is 11.0. The van der Waals surface area contributed by atoms with E-state index in [0.717, 1.165) is 24.1 Å². The summed E-state index contributed by atoms with van der Waals surface area (Å²) in [5, 5.41) is 18.5. The number of anilines is 1. The standard InChI is InChI=1S/C24H22N8O2/c33-23-18(28-24(34)30-23)11-16-14-26-32-21(27-17-7-8-17)12-20(29-22(16)32)25-13-15-5-1-2-6-19(15)31-9-3-4-10-31/h1-6,9-12,14,17,25,33H,7-8,13H2,(H2,28,30,34)/b16-11-,27-21?. The summed E-state index contributed by atoms with van der Waals surface area (Å²) in [7, 11) is 0. The molecule has 1 aliphatic carbocycles. The van der Waals surface area contributed by atoms with Crippen molar-refractivity contribution in [2.75, 3.05) is 5.32 Å². The largest absolute Gasteiger partial charge is 0.493 e. The third kappa shape index (κ3) is 3.85. The number of aromatic amines is 2. The predicted molar refractivity (Wildman–Crippen MR) is 127 cm³/mol. The van der Waals surface area contributed by atoms with Crippen LogP contribution >= 0.6 is 0 Å². The minimum Gasteiger partial charge on any atom is -0.493 e. The van der Waals surface area contributed by atoms with Crippen molar-refractivity contribution in [3.63, 3.8) is 0 Å². The Balaban J connectivity index is 1.41. The molecule has 4 aromatic heterocycles. The summed E-state index contributed by atoms with van der Waals surface area (Å²) in [5.74, 6) is 0.430. The van der Waals surface area contributed by atoms with Gasteiger partial charge in [0.15, 0.2) is 11.1 Å². The first kappa shape index (κ1) is 20.0. The number of para-hydroxylation sites is 1. The molecule has 10 heteroatoms. The highest BCUT2D eigenvalue weighted by Crippen LogP contribution is 2.22. The molecule has 0 saturated heterocycles. The second kappa shape index (κ2) is 8.07. The summed E-state index contributed by atoms with van der Waals surface area (Å²) in [5.41, 5.74) is 3.28. The number of hydrogen-bond donors (Lipinski definition) is 4. The highest BCUT2D eigenvalue weighted by molar-refractivity contribution is 5.58. The van der Waals surface area contributed by atoms with Gasteiger partial charge in [-0.25, -0.2) is 9.78 Å². The van der Waals surface area contributed by atoms with Crippen LogP contribution in [0.5, 0.6) is 5.88 Å². The van der Waals surface area contributed by atoms with Gasteiger partial charge < -0.3 is 20.0 Å². The summed E-state index contributed by atoms with van der Waals surface area (Å²) in [6.07, 6.45) is 9.44. The molecule has 0 bridgehead atoms. The van der Waals surface area contributed by atoms with Crippen molar-refractivity contribution < 1.29 is 5.11 Å². The van der Waals surface area contributed by atoms with E-state index >= 15 is 0 Å². The maximum absolute atomic E-state index is 11.5. The van der Waals surface area contributed by atoms with Crippen LogP contribution in [0.25, 0.3) is 17.4 Å². The maximum atomic E-state index is 11.5. The summed E-state index contributed by atoms with van der Waals surface area (Å²) < 4.78 is 3.76. The Kier molecular flexibility index (Phi) is 4.76. The Morgan fingerprint density at radius 2 is 2.00 bits per heavy atom. The molecule has 1 saturated carbocycles. The number of imidazole rings is 1. The molecule has 170 valence electrons. The number of nitrogens with zero attached hydrogens (tertiary/aromatic N) is 5. The number of benzene rings is 1. The lowest BCUT2D eigenvalue weighted by atomic mass is 10.1. The summed E-state index contributed by atoms with van der Waals surface area (Å²) >= 11 is 0. The number of aromatic nitrogens is 6. The lowest BCUT2D eigenvalue weighted by Gasteiger charge is -2.12. The Hall–Kier alpha value is -4.60. The van der Waals surface area contributed by atoms with Crippen LogP contribution in [0.2, 0.25) is 0 Å². The lowest BCUT2D eigenvalue weighted by Crippen LogP contribution is -2.20. The van der Waals surface area contributed by atoms with Crippen molar-refractivity contribution in [1.82, 2.24) is 29.1 Å². The molecule has 1 aromatic carbocycles. The molecule has 0 radical (unpaired) electrons. The molecule has 0 aliphatic heterocycles. The topological polar surface area (TPSA) is 128 Å². The average molecular weight is 454 g/mol. The number of fused-ring (bicyclic) bond motifs is 1. The van der Waals surface area contributed by atoms with Gasteiger partial charge in [-0.3, -0.25) is 9.98 Å². The van der Waals surface area contributed by atoms with Gasteiger partial charge in [0.05, 0.1) is 12.2 Å². The van der Waals surface area contributed by atoms with Gasteiger partial charge in [0.2, 0.25) is 5.88 Å². The fraction of sp³-hybridized carbons (Fsp3) is 0.167. The van der Waals surface area contributed by atoms with Crippen molar-refractivity contribution >= 4 is 17.5 Å². The average Bonchev–Trinajstić information content (AvgIpc) is 3.20. The first-order chi connectivity index (χ1) is 16.6. The zero-order valence-corrected chi connectivity index (χ0v) is 18.1. The molecule has 10 nitrogen and oxygen atoms in total. The summed E-state index contributed by atoms with van der Waals surface area (Å²) in [6.45, 7) is 0.569. The third-order valence-corrected chi connectivity index (χ3v) is 5.71. The van der Waals surface area contributed by atoms with Gasteiger partial charge in [0.1, 0.15) is 11.5 Å². The first-order valence-corrected chi connectivity index (χ1v) is 11.0. The van der Waals surface area contributed by atoms with E-state index in [4.69, 9.17) is 9.98 Å². The second-order valence-electron chi connectivity index (χ2n) is 8.25. The van der Waals surface area contributed by atoms with Gasteiger partial charge in [-0.2, -0.15) is 9.61 Å². The normalized spacial score (nSPS) is 14.8. The smallest absolute Gasteiger partial charge is 0.326 e. The molecular formula is C24H22N8O2. The number of rotatable bonds is 6. The quantitative estimate of drug-likeness (QED) is 0.309. The third-order valence-electron chi connectivity index (χ3n) is 5.71. The van der Waals surface area contributed by atoms with Crippen LogP contribution in [0.4, 0.5) is 5.82 Å². The molecule has 0 spiro atoms. The fourth-order valence-electron chi connectivity index (χ4n) is 3.88. The van der Waals surface area contributed by atoms with Crippen molar-refractivity contribution in [1.29, 1.82) is 0 Å². The van der Waals surface area contributed by atoms with Crippen molar-refractivity contribution in [2.24, 2.45) is 4.99 Å². The minimum absolute atomic E-state index is 0.233. The second-order valence-corrected chi connectivity index (χ2v) is 8.25. The molecule has 34 heavy (non-hydrogen) atoms. The van der Waals surface area contributed by atoms with Crippen LogP contribution in [0.1, 0.15) is 24.1 Å². The Morgan fingerprint density at radius 3 is 2.76 bits per heavy atom. The number of nitrogens with one attached hydrogen (secondary N) is 3. The molecule has 4 heterocycles. The van der Waals surface area contributed by atoms with E-state index in [2.05, 4.69) is 37.1 Å². The molecule has 1 aliphatic rings. The van der Waals surface area contributed by atoms with E-state index in [-0.39, 0.29) is 11.6 Å². The fourth-order valence-corrected chi connectivity index (χ4v) is 3.88. The van der Waals surface area contributed by atoms with E-state index in [1.807, 2.05) is 42.7 Å². The van der Waals surface area contributed by atoms with E-state index in [1.165, 1.54) is 0 Å². The molecule has 0 atom stereocenters. The van der Waals surface area contributed by atoms with Crippen LogP contribution in [-0.4, -0.2) is 40.3 Å². The van der Waals surface area contributed by atoms with Crippen molar-refractivity contribution in [3.8, 4) is 11.6 Å². The highest BCUT2D eigenvalue weighted by Gasteiger charge is 2.20. The van der Waals surface area contributed by atoms with Gasteiger partial charge >= 0.3 is 5.69 Å². The number of H-pyrrole nitrogens is 2. The minimum atomic E-state index is -0.485. The summed E-state index contributed by atoms with van der Waals surface area (Å²) in [4.78, 5) is 26.0. The Bertz CT molecular complexity index is 1660. The van der Waals surface area contributed by atoms with E-state index in [0.29, 0.717) is 34.8 Å². The van der Waals surface area contributed by atoms with Crippen LogP contribution in [0.15, 0.2) is 70.8 Å². The van der Waals surface area contributed by atoms with Crippen LogP contribution < -0.4 is 21.7 Å². The maximum Gasteiger partial charge on any atom is 0.326 e. The molecule has 0 amide bonds. The highest BCUT2D eigenvalue weighted by atomic mass is 16.3. The lowest BCUT2D eigenvalue weighted by molar-refractivity contribution is 0.454. The molecule has 0 unspecified atom stereocenters. The van der Waals surface area contributed by atoms with Crippen LogP contribution in [0, 0.1) is 0 Å². The Labute approximate surface area is 193 Å². The van der Waals surface area contributed by atoms with E-state index < -0.39 is 5.69 Å². The Morgan fingerprint density at radius 1 is 1.18 bits per heavy atom. The van der Waals surface area contributed by atoms with E-state index in [1.54, 1.807) is 16.8 Å². The van der Waals surface area contributed by atoms with Crippen LogP contribution in [0.3, 0.4) is 0 Å². The van der Waals surface area contributed by atoms with Gasteiger partial charge in [-0.05, 0) is 42.7 Å². The van der Waals surface area contributed by atoms with E-state index in [9.17, 15) is 9.90 Å². The van der Waals surface area contributed by atoms with Crippen molar-refractivity contribution in [3.05, 3.63) is 93.5 Å². The zero-order chi connectivity index (χ0) is 23.1. The predicted octanol–water partition coefficient (Wildman–Crippen LogP) is 1.46. The molecule has 1 fully saturated rings. The monoisotopic (exact) mass is 454 g/mol. The summed E-state index contributed by atoms with van der Waals surface area (Å²) in [6, 6.07) is 14.4. The number of aromatic hydroxyl groups is 1. The van der Waals surface area contributed by atoms with Gasteiger partial charge in [-0.1, -0.05) is 18.2 Å². The zero-order valence-electron chi connectivity index (χ0n) is 18.1. The van der Waals surface area contributed by atoms with Crippen LogP contribution in [-0.2, 0) is 6.54 Å². The van der Waals surface area contributed by atoms with Crippen molar-refractivity contribution in [2.45, 2.75) is 25.4 Å². The number of hydrogen-bond acceptors (Lipinski definition) is 6. The molecule has 5 aromatic rings. The van der Waals surface area contributed by atoms with Gasteiger partial charge in [-0.15, -0.1) is 0 Å².